The number of aliphatic hydroxyl groups is 1. The fourth-order valence-corrected chi connectivity index (χ4v) is 2.38. The molecule has 2 nitrogen and oxygen atoms in total. The molecule has 1 N–H and O–H groups in total. The largest absolute Gasteiger partial charge is 0.390 e. The van der Waals surface area contributed by atoms with Crippen LogP contribution >= 0.6 is 22.6 Å². The first-order valence-electron chi connectivity index (χ1n) is 5.17. The van der Waals surface area contributed by atoms with Gasteiger partial charge in [0.2, 0.25) is 0 Å². The molecule has 1 aliphatic heterocycles. The van der Waals surface area contributed by atoms with E-state index in [1.807, 2.05) is 0 Å². The third kappa shape index (κ3) is 3.72. The van der Waals surface area contributed by atoms with Crippen molar-refractivity contribution in [2.75, 3.05) is 4.43 Å². The van der Waals surface area contributed by atoms with E-state index in [2.05, 4.69) is 29.5 Å². The molecule has 1 fully saturated rings. The number of rotatable bonds is 5. The number of halogens is 1. The summed E-state index contributed by atoms with van der Waals surface area (Å²) in [7, 11) is 0. The molecule has 3 heteroatoms. The molecule has 78 valence electrons. The lowest BCUT2D eigenvalue weighted by molar-refractivity contribution is -0.0300. The third-order valence-electron chi connectivity index (χ3n) is 2.60. The molecule has 0 bridgehead atoms. The average molecular weight is 298 g/mol. The summed E-state index contributed by atoms with van der Waals surface area (Å²) in [5, 5.41) is 9.77. The highest BCUT2D eigenvalue weighted by atomic mass is 127. The quantitative estimate of drug-likeness (QED) is 0.624. The minimum Gasteiger partial charge on any atom is -0.390 e. The Kier molecular flexibility index (Phi) is 5.58. The molecule has 1 aliphatic rings. The van der Waals surface area contributed by atoms with Crippen LogP contribution in [-0.2, 0) is 4.74 Å². The molecule has 0 aromatic heterocycles. The molecule has 0 radical (unpaired) electrons. The van der Waals surface area contributed by atoms with Gasteiger partial charge in [0.1, 0.15) is 0 Å². The highest BCUT2D eigenvalue weighted by Crippen LogP contribution is 2.25. The molecule has 0 amide bonds. The van der Waals surface area contributed by atoms with Crippen molar-refractivity contribution in [2.24, 2.45) is 0 Å². The topological polar surface area (TPSA) is 29.5 Å². The highest BCUT2D eigenvalue weighted by Gasteiger charge is 2.29. The summed E-state index contributed by atoms with van der Waals surface area (Å²) >= 11 is 2.35. The number of aliphatic hydroxyl groups excluding tert-OH is 1. The molecule has 0 aromatic carbocycles. The predicted molar refractivity (Wildman–Crippen MR) is 62.3 cm³/mol. The fraction of sp³-hybridized carbons (Fsp3) is 1.00. The zero-order valence-electron chi connectivity index (χ0n) is 8.21. The molecule has 1 rings (SSSR count). The number of alkyl halides is 1. The van der Waals surface area contributed by atoms with E-state index in [-0.39, 0.29) is 12.2 Å². The van der Waals surface area contributed by atoms with Gasteiger partial charge in [0.05, 0.1) is 18.3 Å². The van der Waals surface area contributed by atoms with Crippen LogP contribution in [0.4, 0.5) is 0 Å². The summed E-state index contributed by atoms with van der Waals surface area (Å²) in [6.07, 6.45) is 5.60. The second kappa shape index (κ2) is 6.19. The van der Waals surface area contributed by atoms with Gasteiger partial charge in [-0.15, -0.1) is 0 Å². The van der Waals surface area contributed by atoms with Gasteiger partial charge < -0.3 is 9.84 Å². The first-order valence-corrected chi connectivity index (χ1v) is 6.70. The van der Waals surface area contributed by atoms with Crippen LogP contribution in [0.1, 0.15) is 39.0 Å². The van der Waals surface area contributed by atoms with E-state index in [9.17, 15) is 5.11 Å². The van der Waals surface area contributed by atoms with Crippen molar-refractivity contribution in [1.82, 2.24) is 0 Å². The molecular weight excluding hydrogens is 279 g/mol. The summed E-state index contributed by atoms with van der Waals surface area (Å²) < 4.78 is 6.76. The zero-order valence-corrected chi connectivity index (χ0v) is 10.4. The van der Waals surface area contributed by atoms with E-state index in [0.29, 0.717) is 6.10 Å². The Morgan fingerprint density at radius 2 is 2.31 bits per heavy atom. The van der Waals surface area contributed by atoms with Crippen LogP contribution in [0.25, 0.3) is 0 Å². The molecular formula is C10H19IO2. The normalized spacial score (nSPS) is 30.7. The molecule has 0 spiro atoms. The van der Waals surface area contributed by atoms with Crippen LogP contribution in [0.3, 0.4) is 0 Å². The van der Waals surface area contributed by atoms with Crippen LogP contribution in [0.5, 0.6) is 0 Å². The van der Waals surface area contributed by atoms with Gasteiger partial charge in [-0.2, -0.15) is 0 Å². The number of hydrogen-bond donors (Lipinski definition) is 1. The van der Waals surface area contributed by atoms with Crippen LogP contribution in [0, 0.1) is 0 Å². The van der Waals surface area contributed by atoms with Gasteiger partial charge in [0, 0.05) is 4.43 Å². The number of ether oxygens (including phenoxy) is 1. The Labute approximate surface area is 94.2 Å². The number of unbranched alkanes of at least 4 members (excludes halogenated alkanes) is 1. The van der Waals surface area contributed by atoms with E-state index in [1.165, 1.54) is 0 Å². The van der Waals surface area contributed by atoms with Gasteiger partial charge in [-0.3, -0.25) is 0 Å². The van der Waals surface area contributed by atoms with Crippen LogP contribution < -0.4 is 0 Å². The zero-order chi connectivity index (χ0) is 9.68. The Hall–Kier alpha value is 0.650. The van der Waals surface area contributed by atoms with Gasteiger partial charge in [0.25, 0.3) is 0 Å². The predicted octanol–water partition coefficient (Wildman–Crippen LogP) is 2.52. The maximum Gasteiger partial charge on any atom is 0.0839 e. The summed E-state index contributed by atoms with van der Waals surface area (Å²) in [5.41, 5.74) is 0. The molecule has 0 saturated carbocycles. The summed E-state index contributed by atoms with van der Waals surface area (Å²) in [6.45, 7) is 2.15. The van der Waals surface area contributed by atoms with Gasteiger partial charge in [0.15, 0.2) is 0 Å². The van der Waals surface area contributed by atoms with Crippen LogP contribution in [-0.4, -0.2) is 27.8 Å². The van der Waals surface area contributed by atoms with E-state index < -0.39 is 0 Å². The summed E-state index contributed by atoms with van der Waals surface area (Å²) in [6, 6.07) is 0. The van der Waals surface area contributed by atoms with Gasteiger partial charge in [-0.25, -0.2) is 0 Å². The van der Waals surface area contributed by atoms with Crippen molar-refractivity contribution < 1.29 is 9.84 Å². The molecule has 1 heterocycles. The Bertz CT molecular complexity index is 141. The van der Waals surface area contributed by atoms with E-state index in [0.717, 1.165) is 36.5 Å². The van der Waals surface area contributed by atoms with Gasteiger partial charge in [-0.1, -0.05) is 42.4 Å². The fourth-order valence-electron chi connectivity index (χ4n) is 1.73. The molecule has 3 atom stereocenters. The maximum atomic E-state index is 9.77. The lowest BCUT2D eigenvalue weighted by Crippen LogP contribution is -2.26. The number of hydrogen-bond acceptors (Lipinski definition) is 2. The Balaban J connectivity index is 2.20. The molecule has 0 aliphatic carbocycles. The van der Waals surface area contributed by atoms with Crippen LogP contribution in [0.15, 0.2) is 0 Å². The van der Waals surface area contributed by atoms with Crippen molar-refractivity contribution in [2.45, 2.75) is 57.3 Å². The average Bonchev–Trinajstić information content (AvgIpc) is 2.62. The SMILES string of the molecule is CCCC[C@H](O)[C@H]1CC[C@H](CI)O1. The third-order valence-corrected chi connectivity index (χ3v) is 3.58. The minimum atomic E-state index is -0.229. The second-order valence-corrected chi connectivity index (χ2v) is 4.62. The molecule has 0 unspecified atom stereocenters. The van der Waals surface area contributed by atoms with Crippen molar-refractivity contribution in [3.8, 4) is 0 Å². The van der Waals surface area contributed by atoms with Crippen molar-refractivity contribution in [3.63, 3.8) is 0 Å². The summed E-state index contributed by atoms with van der Waals surface area (Å²) in [5.74, 6) is 0. The van der Waals surface area contributed by atoms with Gasteiger partial charge >= 0.3 is 0 Å². The Morgan fingerprint density at radius 3 is 2.85 bits per heavy atom. The second-order valence-electron chi connectivity index (χ2n) is 3.74. The molecule has 13 heavy (non-hydrogen) atoms. The van der Waals surface area contributed by atoms with Crippen molar-refractivity contribution in [3.05, 3.63) is 0 Å². The van der Waals surface area contributed by atoms with E-state index in [1.54, 1.807) is 0 Å². The minimum absolute atomic E-state index is 0.117. The molecule has 0 aromatic rings. The summed E-state index contributed by atoms with van der Waals surface area (Å²) in [4.78, 5) is 0. The first kappa shape index (κ1) is 11.7. The van der Waals surface area contributed by atoms with E-state index in [4.69, 9.17) is 4.74 Å². The van der Waals surface area contributed by atoms with Crippen LogP contribution in [0.2, 0.25) is 0 Å². The monoisotopic (exact) mass is 298 g/mol. The smallest absolute Gasteiger partial charge is 0.0839 e. The van der Waals surface area contributed by atoms with Crippen molar-refractivity contribution in [1.29, 1.82) is 0 Å². The lowest BCUT2D eigenvalue weighted by atomic mass is 10.0. The lowest BCUT2D eigenvalue weighted by Gasteiger charge is -2.18. The van der Waals surface area contributed by atoms with Gasteiger partial charge in [-0.05, 0) is 19.3 Å². The first-order chi connectivity index (χ1) is 6.27. The molecule has 1 saturated heterocycles. The van der Waals surface area contributed by atoms with Crippen molar-refractivity contribution >= 4 is 22.6 Å². The highest BCUT2D eigenvalue weighted by molar-refractivity contribution is 14.1. The Morgan fingerprint density at radius 1 is 1.54 bits per heavy atom. The maximum absolute atomic E-state index is 9.77. The standard InChI is InChI=1S/C10H19IO2/c1-2-3-4-9(12)10-6-5-8(7-11)13-10/h8-10,12H,2-7H2,1H3/t8-,9+,10-/m1/s1. The van der Waals surface area contributed by atoms with E-state index >= 15 is 0 Å².